The number of hydrazine groups is 1. The molecule has 2 unspecified atom stereocenters. The van der Waals surface area contributed by atoms with E-state index in [-0.39, 0.29) is 17.7 Å². The molecule has 230 valence electrons. The van der Waals surface area contributed by atoms with Gasteiger partial charge in [0.2, 0.25) is 18.8 Å². The highest BCUT2D eigenvalue weighted by atomic mass is 19.4. The summed E-state index contributed by atoms with van der Waals surface area (Å²) >= 11 is 0. The first kappa shape index (κ1) is 38.4. The number of nitrogens with zero attached hydrogens (tertiary/aromatic N) is 4. The minimum Gasteiger partial charge on any atom is -0.411 e. The summed E-state index contributed by atoms with van der Waals surface area (Å²) in [7, 11) is 0. The molecule has 0 fully saturated rings. The van der Waals surface area contributed by atoms with Crippen molar-refractivity contribution >= 4 is 29.6 Å². The third-order valence-electron chi connectivity index (χ3n) is 5.22. The molecule has 0 radical (unpaired) electrons. The molecule has 0 saturated heterocycles. The molecule has 0 bridgehead atoms. The van der Waals surface area contributed by atoms with Crippen molar-refractivity contribution in [3.63, 3.8) is 0 Å². The fraction of sp³-hybridized carbons (Fsp3) is 0.636. The monoisotopic (exact) mass is 589 g/mol. The topological polar surface area (TPSA) is 211 Å². The third-order valence-corrected chi connectivity index (χ3v) is 5.22. The van der Waals surface area contributed by atoms with Gasteiger partial charge in [-0.25, -0.2) is 14.6 Å². The van der Waals surface area contributed by atoms with Gasteiger partial charge >= 0.3 is 6.18 Å². The number of unbranched alkanes of at least 4 members (excludes halogenated alkanes) is 1. The predicted octanol–water partition coefficient (Wildman–Crippen LogP) is 2.84. The van der Waals surface area contributed by atoms with E-state index in [0.717, 1.165) is 23.9 Å². The van der Waals surface area contributed by atoms with Gasteiger partial charge in [-0.2, -0.15) is 17.6 Å². The van der Waals surface area contributed by atoms with Crippen molar-refractivity contribution < 1.29 is 41.1 Å². The highest BCUT2D eigenvalue weighted by Gasteiger charge is 2.30. The average molecular weight is 590 g/mol. The maximum Gasteiger partial charge on any atom is 0.408 e. The molecule has 0 aliphatic rings. The second kappa shape index (κ2) is 20.2. The third kappa shape index (κ3) is 17.0. The molecular formula is C22H37F6N9O3. The number of nitrogens with one attached hydrogen (secondary N) is 2. The second-order valence-corrected chi connectivity index (χ2v) is 8.35. The van der Waals surface area contributed by atoms with Crippen LogP contribution in [0.2, 0.25) is 0 Å². The SMILES string of the molecule is C/C(=N/O)C(=N)C(N)=O.CCC(C)CCCCc1cn(C(CC(F)F)C(=NCC(F)(F)F)NN)nc1F.NC=O. The summed E-state index contributed by atoms with van der Waals surface area (Å²) in [6.45, 7) is 3.92. The lowest BCUT2D eigenvalue weighted by Crippen LogP contribution is -2.39. The number of aromatic nitrogens is 2. The van der Waals surface area contributed by atoms with Crippen molar-refractivity contribution in [2.75, 3.05) is 6.54 Å². The van der Waals surface area contributed by atoms with Gasteiger partial charge in [0.05, 0.1) is 0 Å². The summed E-state index contributed by atoms with van der Waals surface area (Å²) in [5.74, 6) is 3.46. The fourth-order valence-electron chi connectivity index (χ4n) is 2.91. The van der Waals surface area contributed by atoms with Crippen molar-refractivity contribution in [1.29, 1.82) is 5.41 Å². The summed E-state index contributed by atoms with van der Waals surface area (Å²) in [5, 5.41) is 20.9. The van der Waals surface area contributed by atoms with E-state index in [1.54, 1.807) is 0 Å². The normalized spacial score (nSPS) is 13.4. The number of primary amides is 2. The van der Waals surface area contributed by atoms with E-state index in [1.807, 2.05) is 5.43 Å². The molecule has 2 amide bonds. The van der Waals surface area contributed by atoms with E-state index >= 15 is 0 Å². The van der Waals surface area contributed by atoms with Crippen LogP contribution in [0.1, 0.15) is 64.5 Å². The Morgan fingerprint density at radius 3 is 2.30 bits per heavy atom. The standard InChI is InChI=1S/C17H27F6N5.C4H7N3O2.CH3NO/c1-3-11(2)6-4-5-7-12-9-28(27-15(12)20)13(8-14(18)19)16(26-24)25-10-17(21,22)23;1-2(7-9)3(5)4(6)8;2-1-3/h9,11,13-14H,3-8,10,24H2,1-2H3,(H,25,26);5,9H,1H3,(H2,6,8);1H,(H2,2,3)/b;5-3?,7-2-;. The first-order valence-electron chi connectivity index (χ1n) is 11.9. The number of halogens is 6. The Balaban J connectivity index is 0. The Bertz CT molecular complexity index is 968. The van der Waals surface area contributed by atoms with Gasteiger partial charge in [0.1, 0.15) is 29.8 Å². The molecule has 0 aromatic carbocycles. The number of amides is 2. The molecule has 12 nitrogen and oxygen atoms in total. The molecule has 0 saturated carbocycles. The number of amidine groups is 1. The van der Waals surface area contributed by atoms with Gasteiger partial charge < -0.3 is 22.1 Å². The molecule has 0 aliphatic carbocycles. The Hall–Kier alpha value is -3.70. The van der Waals surface area contributed by atoms with Crippen LogP contribution in [0, 0.1) is 17.3 Å². The predicted molar refractivity (Wildman–Crippen MR) is 137 cm³/mol. The zero-order valence-electron chi connectivity index (χ0n) is 22.4. The van der Waals surface area contributed by atoms with Crippen LogP contribution in [-0.2, 0) is 16.0 Å². The zero-order valence-corrected chi connectivity index (χ0v) is 22.4. The molecule has 1 heterocycles. The number of carbonyl (C=O) groups excluding carboxylic acids is 2. The molecule has 0 aliphatic heterocycles. The lowest BCUT2D eigenvalue weighted by Gasteiger charge is -2.19. The van der Waals surface area contributed by atoms with Crippen molar-refractivity contribution in [3.8, 4) is 0 Å². The van der Waals surface area contributed by atoms with E-state index in [9.17, 15) is 31.1 Å². The number of alkyl halides is 5. The Labute approximate surface area is 227 Å². The van der Waals surface area contributed by atoms with Gasteiger partial charge in [0, 0.05) is 18.2 Å². The van der Waals surface area contributed by atoms with E-state index in [4.69, 9.17) is 21.3 Å². The fourth-order valence-corrected chi connectivity index (χ4v) is 2.91. The summed E-state index contributed by atoms with van der Waals surface area (Å²) in [4.78, 5) is 21.9. The summed E-state index contributed by atoms with van der Waals surface area (Å²) in [6, 6.07) is -1.43. The molecular weight excluding hydrogens is 552 g/mol. The number of aliphatic imine (C=N–C) groups is 1. The summed E-state index contributed by atoms with van der Waals surface area (Å²) in [5.41, 5.74) is 10.4. The van der Waals surface area contributed by atoms with Crippen LogP contribution < -0.4 is 22.7 Å². The summed E-state index contributed by atoms with van der Waals surface area (Å²) < 4.78 is 78.0. The Morgan fingerprint density at radius 2 is 1.90 bits per heavy atom. The van der Waals surface area contributed by atoms with Gasteiger partial charge in [-0.3, -0.25) is 24.7 Å². The minimum absolute atomic E-state index is 0.0810. The number of aryl methyl sites for hydroxylation is 1. The molecule has 2 atom stereocenters. The van der Waals surface area contributed by atoms with Crippen molar-refractivity contribution in [2.24, 2.45) is 33.4 Å². The van der Waals surface area contributed by atoms with Crippen molar-refractivity contribution in [2.45, 2.75) is 77.9 Å². The quantitative estimate of drug-likeness (QED) is 0.0297. The lowest BCUT2D eigenvalue weighted by atomic mass is 10.00. The first-order valence-corrected chi connectivity index (χ1v) is 11.9. The Morgan fingerprint density at radius 1 is 1.32 bits per heavy atom. The highest BCUT2D eigenvalue weighted by molar-refractivity contribution is 6.65. The molecule has 1 aromatic heterocycles. The summed E-state index contributed by atoms with van der Waals surface area (Å²) in [6.07, 6.45) is -2.97. The van der Waals surface area contributed by atoms with E-state index < -0.39 is 55.0 Å². The maximum atomic E-state index is 14.1. The van der Waals surface area contributed by atoms with Crippen LogP contribution >= 0.6 is 0 Å². The molecule has 18 heteroatoms. The number of hydrogen-bond acceptors (Lipinski definition) is 8. The number of hydrogen-bond donors (Lipinski definition) is 6. The van der Waals surface area contributed by atoms with Gasteiger partial charge in [-0.15, -0.1) is 5.10 Å². The van der Waals surface area contributed by atoms with Gasteiger partial charge in [-0.05, 0) is 25.7 Å². The maximum absolute atomic E-state index is 14.1. The smallest absolute Gasteiger partial charge is 0.408 e. The minimum atomic E-state index is -4.63. The molecule has 40 heavy (non-hydrogen) atoms. The van der Waals surface area contributed by atoms with Crippen LogP contribution in [0.15, 0.2) is 16.3 Å². The van der Waals surface area contributed by atoms with Gasteiger partial charge in [-0.1, -0.05) is 38.3 Å². The van der Waals surface area contributed by atoms with E-state index in [0.29, 0.717) is 18.8 Å². The number of rotatable bonds is 13. The molecule has 0 spiro atoms. The van der Waals surface area contributed by atoms with Crippen molar-refractivity contribution in [3.05, 3.63) is 17.7 Å². The van der Waals surface area contributed by atoms with E-state index in [1.165, 1.54) is 13.1 Å². The largest absolute Gasteiger partial charge is 0.411 e. The number of nitrogens with two attached hydrogens (primary N) is 3. The molecule has 9 N–H and O–H groups in total. The lowest BCUT2D eigenvalue weighted by molar-refractivity contribution is -0.118. The van der Waals surface area contributed by atoms with Crippen molar-refractivity contribution in [1.82, 2.24) is 15.2 Å². The van der Waals surface area contributed by atoms with Crippen LogP contribution in [0.5, 0.6) is 0 Å². The Kier molecular flexibility index (Phi) is 19.5. The van der Waals surface area contributed by atoms with E-state index in [2.05, 4.69) is 40.6 Å². The second-order valence-electron chi connectivity index (χ2n) is 8.35. The van der Waals surface area contributed by atoms with Crippen LogP contribution in [0.3, 0.4) is 0 Å². The number of oxime groups is 1. The van der Waals surface area contributed by atoms with Crippen LogP contribution in [-0.4, -0.2) is 63.7 Å². The zero-order chi connectivity index (χ0) is 31.5. The van der Waals surface area contributed by atoms with Gasteiger partial charge in [0.25, 0.3) is 5.91 Å². The first-order chi connectivity index (χ1) is 18.6. The van der Waals surface area contributed by atoms with Crippen LogP contribution in [0.25, 0.3) is 0 Å². The average Bonchev–Trinajstić information content (AvgIpc) is 3.24. The molecule has 1 aromatic rings. The molecule has 1 rings (SSSR count). The number of carbonyl (C=O) groups is 2. The highest BCUT2D eigenvalue weighted by Crippen LogP contribution is 2.22. The van der Waals surface area contributed by atoms with Crippen LogP contribution in [0.4, 0.5) is 26.3 Å². The van der Waals surface area contributed by atoms with Gasteiger partial charge in [0.15, 0.2) is 0 Å².